The van der Waals surface area contributed by atoms with E-state index < -0.39 is 5.60 Å². The first kappa shape index (κ1) is 16.4. The Balaban J connectivity index is 2.09. The van der Waals surface area contributed by atoms with E-state index in [0.29, 0.717) is 5.82 Å². The van der Waals surface area contributed by atoms with Crippen molar-refractivity contribution in [1.82, 2.24) is 9.66 Å². The van der Waals surface area contributed by atoms with Crippen LogP contribution in [0.15, 0.2) is 84.9 Å². The fourth-order valence-corrected chi connectivity index (χ4v) is 3.44. The van der Waals surface area contributed by atoms with Crippen LogP contribution in [0.4, 0.5) is 0 Å². The molecule has 3 aromatic carbocycles. The molecule has 4 rings (SSSR count). The maximum Gasteiger partial charge on any atom is 0.174 e. The zero-order valence-electron chi connectivity index (χ0n) is 14.9. The summed E-state index contributed by atoms with van der Waals surface area (Å²) in [5.74, 6) is 0.570. The van der Waals surface area contributed by atoms with E-state index in [1.807, 2.05) is 109 Å². The third kappa shape index (κ3) is 2.47. The molecule has 0 unspecified atom stereocenters. The molecule has 0 atom stereocenters. The van der Waals surface area contributed by atoms with Gasteiger partial charge in [-0.25, -0.2) is 9.66 Å². The van der Waals surface area contributed by atoms with Gasteiger partial charge in [-0.1, -0.05) is 72.8 Å². The smallest absolute Gasteiger partial charge is 0.174 e. The van der Waals surface area contributed by atoms with E-state index >= 15 is 0 Å². The molecular formula is C22H21N3O. The number of benzene rings is 3. The molecule has 0 bridgehead atoms. The van der Waals surface area contributed by atoms with Gasteiger partial charge in [-0.3, -0.25) is 0 Å². The lowest BCUT2D eigenvalue weighted by molar-refractivity contribution is 0.112. The molecule has 4 heteroatoms. The molecule has 1 N–H and O–H groups in total. The monoisotopic (exact) mass is 343 g/mol. The molecule has 0 aliphatic heterocycles. The second kappa shape index (κ2) is 6.32. The maximum atomic E-state index is 12.0. The van der Waals surface area contributed by atoms with Crippen molar-refractivity contribution in [3.8, 4) is 0 Å². The van der Waals surface area contributed by atoms with Gasteiger partial charge in [0.2, 0.25) is 0 Å². The standard InChI is InChI=1S/C22H21N3O/c1-24(2)25-20-16-10-9-15-19(20)23-21(25)22(26,17-11-5-3-6-12-17)18-13-7-4-8-14-18/h3-16,26H,1-2H3. The van der Waals surface area contributed by atoms with Crippen molar-refractivity contribution in [2.24, 2.45) is 0 Å². The highest BCUT2D eigenvalue weighted by Gasteiger charge is 2.39. The average Bonchev–Trinajstić information content (AvgIpc) is 3.09. The van der Waals surface area contributed by atoms with Crippen LogP contribution in [-0.4, -0.2) is 28.9 Å². The number of hydrogen-bond donors (Lipinski definition) is 1. The molecule has 0 amide bonds. The van der Waals surface area contributed by atoms with E-state index in [2.05, 4.69) is 0 Å². The minimum atomic E-state index is -1.37. The summed E-state index contributed by atoms with van der Waals surface area (Å²) in [6, 6.07) is 27.3. The summed E-state index contributed by atoms with van der Waals surface area (Å²) >= 11 is 0. The SMILES string of the molecule is CN(C)n1c(C(O)(c2ccccc2)c2ccccc2)nc2ccccc21. The van der Waals surface area contributed by atoms with Crippen LogP contribution in [0.25, 0.3) is 11.0 Å². The predicted octanol–water partition coefficient (Wildman–Crippen LogP) is 3.52. The molecule has 0 aliphatic carbocycles. The van der Waals surface area contributed by atoms with Crippen LogP contribution in [0.1, 0.15) is 17.0 Å². The molecule has 130 valence electrons. The molecule has 0 spiro atoms. The first-order chi connectivity index (χ1) is 12.6. The largest absolute Gasteiger partial charge is 0.373 e. The second-order valence-corrected chi connectivity index (χ2v) is 6.53. The van der Waals surface area contributed by atoms with Crippen LogP contribution in [-0.2, 0) is 5.60 Å². The summed E-state index contributed by atoms with van der Waals surface area (Å²) in [5, 5.41) is 14.0. The minimum Gasteiger partial charge on any atom is -0.373 e. The van der Waals surface area contributed by atoms with Gasteiger partial charge in [0.25, 0.3) is 0 Å². The fourth-order valence-electron chi connectivity index (χ4n) is 3.44. The van der Waals surface area contributed by atoms with Gasteiger partial charge in [-0.2, -0.15) is 0 Å². The summed E-state index contributed by atoms with van der Waals surface area (Å²) < 4.78 is 1.97. The summed E-state index contributed by atoms with van der Waals surface area (Å²) in [6.07, 6.45) is 0. The Kier molecular flexibility index (Phi) is 3.98. The number of nitrogens with zero attached hydrogens (tertiary/aromatic N) is 3. The molecule has 1 heterocycles. The Morgan fingerprint density at radius 3 is 1.81 bits per heavy atom. The second-order valence-electron chi connectivity index (χ2n) is 6.53. The molecule has 26 heavy (non-hydrogen) atoms. The Labute approximate surface area is 152 Å². The molecule has 0 aliphatic rings. The molecule has 1 aromatic heterocycles. The van der Waals surface area contributed by atoms with Gasteiger partial charge in [0.05, 0.1) is 11.0 Å². The third-order valence-corrected chi connectivity index (χ3v) is 4.64. The van der Waals surface area contributed by atoms with Crippen LogP contribution < -0.4 is 5.01 Å². The number of aliphatic hydroxyl groups is 1. The van der Waals surface area contributed by atoms with Gasteiger partial charge >= 0.3 is 0 Å². The van der Waals surface area contributed by atoms with E-state index in [1.54, 1.807) is 0 Å². The minimum absolute atomic E-state index is 0.570. The van der Waals surface area contributed by atoms with Crippen molar-refractivity contribution in [3.63, 3.8) is 0 Å². The summed E-state index contributed by atoms with van der Waals surface area (Å²) in [7, 11) is 3.90. The highest BCUT2D eigenvalue weighted by Crippen LogP contribution is 2.37. The van der Waals surface area contributed by atoms with Gasteiger partial charge in [-0.15, -0.1) is 0 Å². The number of para-hydroxylation sites is 2. The van der Waals surface area contributed by atoms with Gasteiger partial charge in [0, 0.05) is 14.1 Å². The van der Waals surface area contributed by atoms with Crippen molar-refractivity contribution in [2.75, 3.05) is 19.1 Å². The van der Waals surface area contributed by atoms with E-state index in [0.717, 1.165) is 22.2 Å². The molecule has 0 fully saturated rings. The van der Waals surface area contributed by atoms with E-state index in [4.69, 9.17) is 4.98 Å². The third-order valence-electron chi connectivity index (χ3n) is 4.64. The normalized spacial score (nSPS) is 11.7. The van der Waals surface area contributed by atoms with Gasteiger partial charge in [0.15, 0.2) is 11.4 Å². The maximum absolute atomic E-state index is 12.0. The first-order valence-corrected chi connectivity index (χ1v) is 8.61. The van der Waals surface area contributed by atoms with Crippen molar-refractivity contribution in [2.45, 2.75) is 5.60 Å². The highest BCUT2D eigenvalue weighted by molar-refractivity contribution is 5.77. The Bertz CT molecular complexity index is 984. The average molecular weight is 343 g/mol. The quantitative estimate of drug-likeness (QED) is 0.616. The van der Waals surface area contributed by atoms with Crippen molar-refractivity contribution >= 4 is 11.0 Å². The van der Waals surface area contributed by atoms with E-state index in [-0.39, 0.29) is 0 Å². The summed E-state index contributed by atoms with van der Waals surface area (Å²) in [4.78, 5) is 4.83. The van der Waals surface area contributed by atoms with Gasteiger partial charge in [0.1, 0.15) is 0 Å². The van der Waals surface area contributed by atoms with Crippen molar-refractivity contribution in [3.05, 3.63) is 102 Å². The summed E-state index contributed by atoms with van der Waals surface area (Å²) in [6.45, 7) is 0. The molecule has 4 aromatic rings. The number of imidazole rings is 1. The molecule has 4 nitrogen and oxygen atoms in total. The Hall–Kier alpha value is -3.11. The first-order valence-electron chi connectivity index (χ1n) is 8.61. The lowest BCUT2D eigenvalue weighted by Crippen LogP contribution is -2.37. The topological polar surface area (TPSA) is 41.3 Å². The number of fused-ring (bicyclic) bond motifs is 1. The van der Waals surface area contributed by atoms with Crippen LogP contribution in [0.3, 0.4) is 0 Å². The van der Waals surface area contributed by atoms with Crippen LogP contribution in [0.5, 0.6) is 0 Å². The summed E-state index contributed by atoms with van der Waals surface area (Å²) in [5.41, 5.74) is 2.00. The van der Waals surface area contributed by atoms with Crippen molar-refractivity contribution in [1.29, 1.82) is 0 Å². The zero-order valence-corrected chi connectivity index (χ0v) is 14.9. The molecule has 0 saturated heterocycles. The van der Waals surface area contributed by atoms with Crippen molar-refractivity contribution < 1.29 is 5.11 Å². The number of rotatable bonds is 4. The molecule has 0 radical (unpaired) electrons. The van der Waals surface area contributed by atoms with Gasteiger partial charge < -0.3 is 10.1 Å². The zero-order chi connectivity index (χ0) is 18.1. The number of hydrogen-bond acceptors (Lipinski definition) is 3. The molecule has 0 saturated carbocycles. The number of aromatic nitrogens is 2. The molecular weight excluding hydrogens is 322 g/mol. The lowest BCUT2D eigenvalue weighted by Gasteiger charge is -2.31. The van der Waals surface area contributed by atoms with E-state index in [9.17, 15) is 5.11 Å². The van der Waals surface area contributed by atoms with Crippen LogP contribution >= 0.6 is 0 Å². The van der Waals surface area contributed by atoms with Crippen LogP contribution in [0.2, 0.25) is 0 Å². The fraction of sp³-hybridized carbons (Fsp3) is 0.136. The Morgan fingerprint density at radius 1 is 0.769 bits per heavy atom. The lowest BCUT2D eigenvalue weighted by atomic mass is 9.85. The van der Waals surface area contributed by atoms with Gasteiger partial charge in [-0.05, 0) is 23.3 Å². The Morgan fingerprint density at radius 2 is 1.27 bits per heavy atom. The van der Waals surface area contributed by atoms with E-state index in [1.165, 1.54) is 0 Å². The highest BCUT2D eigenvalue weighted by atomic mass is 16.3. The van der Waals surface area contributed by atoms with Crippen LogP contribution in [0, 0.1) is 0 Å². The predicted molar refractivity (Wildman–Crippen MR) is 105 cm³/mol.